The van der Waals surface area contributed by atoms with E-state index in [0.29, 0.717) is 11.3 Å². The minimum Gasteiger partial charge on any atom is -0.400 e. The Balaban J connectivity index is 2.23. The fraction of sp³-hybridized carbons (Fsp3) is 0.231. The lowest BCUT2D eigenvalue weighted by atomic mass is 10.1. The highest BCUT2D eigenvalue weighted by Crippen LogP contribution is 2.20. The highest BCUT2D eigenvalue weighted by molar-refractivity contribution is 5.92. The number of aryl methyl sites for hydroxylation is 2. The van der Waals surface area contributed by atoms with Crippen molar-refractivity contribution in [1.82, 2.24) is 5.16 Å². The molecule has 0 amide bonds. The molecule has 88 valence electrons. The molecular formula is C13H13NO3. The fourth-order valence-electron chi connectivity index (χ4n) is 1.44. The molecule has 0 bridgehead atoms. The number of ether oxygens (including phenoxy) is 1. The van der Waals surface area contributed by atoms with E-state index in [-0.39, 0.29) is 5.88 Å². The molecule has 0 N–H and O–H groups in total. The maximum Gasteiger partial charge on any atom is 0.345 e. The van der Waals surface area contributed by atoms with Crippen LogP contribution in [0.2, 0.25) is 0 Å². The molecule has 0 radical (unpaired) electrons. The molecule has 2 rings (SSSR count). The van der Waals surface area contributed by atoms with E-state index in [9.17, 15) is 4.79 Å². The summed E-state index contributed by atoms with van der Waals surface area (Å²) in [5, 5.41) is 3.69. The highest BCUT2D eigenvalue weighted by Gasteiger charge is 2.16. The van der Waals surface area contributed by atoms with E-state index in [4.69, 9.17) is 9.26 Å². The lowest BCUT2D eigenvalue weighted by molar-refractivity contribution is 0.0719. The van der Waals surface area contributed by atoms with Crippen molar-refractivity contribution in [3.05, 3.63) is 46.7 Å². The molecule has 1 aromatic heterocycles. The van der Waals surface area contributed by atoms with Gasteiger partial charge in [0.25, 0.3) is 5.88 Å². The Bertz CT molecular complexity index is 558. The normalized spacial score (nSPS) is 10.3. The third-order valence-electron chi connectivity index (χ3n) is 2.67. The van der Waals surface area contributed by atoms with Crippen molar-refractivity contribution < 1.29 is 14.1 Å². The van der Waals surface area contributed by atoms with Crippen LogP contribution >= 0.6 is 0 Å². The second kappa shape index (κ2) is 4.41. The van der Waals surface area contributed by atoms with Gasteiger partial charge in [0.2, 0.25) is 0 Å². The van der Waals surface area contributed by atoms with E-state index in [0.717, 1.165) is 11.1 Å². The highest BCUT2D eigenvalue weighted by atomic mass is 16.6. The van der Waals surface area contributed by atoms with E-state index < -0.39 is 5.97 Å². The third kappa shape index (κ3) is 2.20. The monoisotopic (exact) mass is 231 g/mol. The SMILES string of the molecule is Cc1ccccc1C(=O)Oc1noc(C)c1C. The Morgan fingerprint density at radius 1 is 1.24 bits per heavy atom. The van der Waals surface area contributed by atoms with Crippen molar-refractivity contribution >= 4 is 5.97 Å². The van der Waals surface area contributed by atoms with E-state index in [2.05, 4.69) is 5.16 Å². The molecule has 17 heavy (non-hydrogen) atoms. The topological polar surface area (TPSA) is 52.3 Å². The quantitative estimate of drug-likeness (QED) is 0.746. The van der Waals surface area contributed by atoms with E-state index in [1.165, 1.54) is 0 Å². The Labute approximate surface area is 99.2 Å². The molecule has 4 nitrogen and oxygen atoms in total. The third-order valence-corrected chi connectivity index (χ3v) is 2.67. The van der Waals surface area contributed by atoms with E-state index in [1.54, 1.807) is 26.0 Å². The molecule has 0 atom stereocenters. The van der Waals surface area contributed by atoms with Gasteiger partial charge >= 0.3 is 5.97 Å². The number of hydrogen-bond acceptors (Lipinski definition) is 4. The molecule has 0 unspecified atom stereocenters. The summed E-state index contributed by atoms with van der Waals surface area (Å²) in [6, 6.07) is 7.25. The zero-order valence-corrected chi connectivity index (χ0v) is 9.98. The minimum absolute atomic E-state index is 0.232. The van der Waals surface area contributed by atoms with Crippen LogP contribution in [-0.2, 0) is 0 Å². The van der Waals surface area contributed by atoms with Crippen LogP contribution < -0.4 is 4.74 Å². The zero-order valence-electron chi connectivity index (χ0n) is 9.98. The summed E-state index contributed by atoms with van der Waals surface area (Å²) in [5.41, 5.74) is 2.15. The Hall–Kier alpha value is -2.10. The molecule has 1 aromatic carbocycles. The maximum atomic E-state index is 11.9. The molecule has 0 saturated heterocycles. The van der Waals surface area contributed by atoms with E-state index >= 15 is 0 Å². The van der Waals surface area contributed by atoms with Gasteiger partial charge < -0.3 is 9.26 Å². The lowest BCUT2D eigenvalue weighted by Crippen LogP contribution is -2.10. The van der Waals surface area contributed by atoms with Gasteiger partial charge in [0.1, 0.15) is 5.76 Å². The molecule has 0 saturated carbocycles. The lowest BCUT2D eigenvalue weighted by Gasteiger charge is -2.04. The molecular weight excluding hydrogens is 218 g/mol. The minimum atomic E-state index is -0.417. The van der Waals surface area contributed by atoms with Gasteiger partial charge in [-0.2, -0.15) is 0 Å². The van der Waals surface area contributed by atoms with Crippen LogP contribution in [0.1, 0.15) is 27.2 Å². The average Bonchev–Trinajstić information content (AvgIpc) is 2.61. The first-order valence-corrected chi connectivity index (χ1v) is 5.30. The maximum absolute atomic E-state index is 11.9. The number of benzene rings is 1. The van der Waals surface area contributed by atoms with Crippen LogP contribution in [0.3, 0.4) is 0 Å². The summed E-state index contributed by atoms with van der Waals surface area (Å²) in [7, 11) is 0. The average molecular weight is 231 g/mol. The summed E-state index contributed by atoms with van der Waals surface area (Å²) in [6.07, 6.45) is 0. The van der Waals surface area contributed by atoms with Crippen LogP contribution in [0.4, 0.5) is 0 Å². The Kier molecular flexibility index (Phi) is 2.95. The van der Waals surface area contributed by atoms with Crippen molar-refractivity contribution in [1.29, 1.82) is 0 Å². The van der Waals surface area contributed by atoms with Crippen LogP contribution in [-0.4, -0.2) is 11.1 Å². The second-order valence-electron chi connectivity index (χ2n) is 3.87. The standard InChI is InChI=1S/C13H13NO3/c1-8-6-4-5-7-11(8)13(15)16-12-9(2)10(3)17-14-12/h4-7H,1-3H3. The van der Waals surface area contributed by atoms with Crippen LogP contribution in [0.15, 0.2) is 28.8 Å². The van der Waals surface area contributed by atoms with Gasteiger partial charge in [0, 0.05) is 0 Å². The Morgan fingerprint density at radius 2 is 1.94 bits per heavy atom. The molecule has 0 fully saturated rings. The first-order valence-electron chi connectivity index (χ1n) is 5.30. The van der Waals surface area contributed by atoms with Crippen molar-refractivity contribution in [3.8, 4) is 5.88 Å². The van der Waals surface area contributed by atoms with Gasteiger partial charge in [0.15, 0.2) is 0 Å². The van der Waals surface area contributed by atoms with Gasteiger partial charge in [0.05, 0.1) is 11.1 Å². The number of carbonyl (C=O) groups excluding carboxylic acids is 1. The van der Waals surface area contributed by atoms with Crippen molar-refractivity contribution in [2.45, 2.75) is 20.8 Å². The number of carbonyl (C=O) groups is 1. The summed E-state index contributed by atoms with van der Waals surface area (Å²) < 4.78 is 10.1. The molecule has 4 heteroatoms. The predicted octanol–water partition coefficient (Wildman–Crippen LogP) is 2.82. The number of nitrogens with zero attached hydrogens (tertiary/aromatic N) is 1. The zero-order chi connectivity index (χ0) is 12.4. The van der Waals surface area contributed by atoms with Crippen molar-refractivity contribution in [2.24, 2.45) is 0 Å². The molecule has 0 aliphatic rings. The van der Waals surface area contributed by atoms with Crippen LogP contribution in [0.25, 0.3) is 0 Å². The molecule has 0 aliphatic carbocycles. The number of esters is 1. The second-order valence-corrected chi connectivity index (χ2v) is 3.87. The molecule has 0 spiro atoms. The summed E-state index contributed by atoms with van der Waals surface area (Å²) in [6.45, 7) is 5.43. The van der Waals surface area contributed by atoms with Gasteiger partial charge in [-0.05, 0) is 37.6 Å². The van der Waals surface area contributed by atoms with E-state index in [1.807, 2.05) is 19.1 Å². The van der Waals surface area contributed by atoms with Gasteiger partial charge in [-0.25, -0.2) is 4.79 Å². The first kappa shape index (κ1) is 11.4. The molecule has 1 heterocycles. The summed E-state index contributed by atoms with van der Waals surface area (Å²) >= 11 is 0. The Morgan fingerprint density at radius 3 is 2.53 bits per heavy atom. The van der Waals surface area contributed by atoms with Gasteiger partial charge in [-0.1, -0.05) is 18.2 Å². The fourth-order valence-corrected chi connectivity index (χ4v) is 1.44. The smallest absolute Gasteiger partial charge is 0.345 e. The van der Waals surface area contributed by atoms with Gasteiger partial charge in [-0.3, -0.25) is 0 Å². The number of hydrogen-bond donors (Lipinski definition) is 0. The van der Waals surface area contributed by atoms with Crippen LogP contribution in [0, 0.1) is 20.8 Å². The van der Waals surface area contributed by atoms with Crippen molar-refractivity contribution in [3.63, 3.8) is 0 Å². The van der Waals surface area contributed by atoms with Crippen LogP contribution in [0.5, 0.6) is 5.88 Å². The molecule has 2 aromatic rings. The first-order chi connectivity index (χ1) is 8.09. The summed E-state index contributed by atoms with van der Waals surface area (Å²) in [5.74, 6) is 0.466. The largest absolute Gasteiger partial charge is 0.400 e. The molecule has 0 aliphatic heterocycles. The number of rotatable bonds is 2. The van der Waals surface area contributed by atoms with Gasteiger partial charge in [-0.15, -0.1) is 0 Å². The summed E-state index contributed by atoms with van der Waals surface area (Å²) in [4.78, 5) is 11.9. The van der Waals surface area contributed by atoms with Crippen molar-refractivity contribution in [2.75, 3.05) is 0 Å². The predicted molar refractivity (Wildman–Crippen MR) is 62.1 cm³/mol. The number of aromatic nitrogens is 1.